The number of aliphatic hydroxyl groups is 1. The average Bonchev–Trinajstić information content (AvgIpc) is 3.00. The topological polar surface area (TPSA) is 83.5 Å². The maximum Gasteiger partial charge on any atom is 0.303 e. The van der Waals surface area contributed by atoms with Crippen molar-refractivity contribution in [2.45, 2.75) is 97.1 Å². The van der Waals surface area contributed by atoms with Crippen molar-refractivity contribution in [1.29, 1.82) is 0 Å². The maximum atomic E-state index is 11.5. The summed E-state index contributed by atoms with van der Waals surface area (Å²) in [5.41, 5.74) is 6.63. The second kappa shape index (κ2) is 7.27. The molecule has 0 aromatic rings. The molecule has 0 amide bonds. The Kier molecular flexibility index (Phi) is 5.36. The predicted molar refractivity (Wildman–Crippen MR) is 111 cm³/mol. The number of carboxylic acid groups (broad SMARTS) is 1. The molecule has 4 heteroatoms. The number of aliphatic carboxylic acids is 1. The molecule has 4 rings (SSSR count). The molecule has 0 bridgehead atoms. The van der Waals surface area contributed by atoms with Crippen molar-refractivity contribution < 1.29 is 15.0 Å². The van der Waals surface area contributed by atoms with Gasteiger partial charge in [-0.1, -0.05) is 20.8 Å². The standard InChI is InChI=1S/C24H41NO3/c1-14(4-9-22(27)28)18-7-8-19-17-6-5-15-12-16(25)10-11-23(15,2)20(17)13-21(26)24(18,19)3/h14-21,26H,4-13,25H2,1-3H3,(H,27,28)/t14-,15-,16-,17+,18-,19+,20+,21+,23+,24-/m1/s1. The van der Waals surface area contributed by atoms with Crippen LogP contribution >= 0.6 is 0 Å². The molecule has 28 heavy (non-hydrogen) atoms. The summed E-state index contributed by atoms with van der Waals surface area (Å²) in [5.74, 6) is 2.85. The number of rotatable bonds is 4. The summed E-state index contributed by atoms with van der Waals surface area (Å²) in [6.07, 6.45) is 10.2. The van der Waals surface area contributed by atoms with Crippen LogP contribution in [-0.4, -0.2) is 28.3 Å². The number of hydrogen-bond donors (Lipinski definition) is 3. The molecule has 4 aliphatic rings. The van der Waals surface area contributed by atoms with Crippen LogP contribution in [0.15, 0.2) is 0 Å². The average molecular weight is 392 g/mol. The maximum absolute atomic E-state index is 11.5. The van der Waals surface area contributed by atoms with Crippen LogP contribution < -0.4 is 5.73 Å². The lowest BCUT2D eigenvalue weighted by atomic mass is 9.43. The van der Waals surface area contributed by atoms with Gasteiger partial charge in [-0.15, -0.1) is 0 Å². The molecule has 4 fully saturated rings. The van der Waals surface area contributed by atoms with Crippen molar-refractivity contribution in [3.05, 3.63) is 0 Å². The van der Waals surface area contributed by atoms with Gasteiger partial charge >= 0.3 is 5.97 Å². The molecule has 4 nitrogen and oxygen atoms in total. The molecule has 0 aromatic heterocycles. The summed E-state index contributed by atoms with van der Waals surface area (Å²) in [4.78, 5) is 11.1. The van der Waals surface area contributed by atoms with Crippen molar-refractivity contribution in [2.24, 2.45) is 52.1 Å². The number of nitrogens with two attached hydrogens (primary N) is 1. The summed E-state index contributed by atoms with van der Waals surface area (Å²) in [7, 11) is 0. The lowest BCUT2D eigenvalue weighted by Gasteiger charge is -2.62. The Labute approximate surface area is 170 Å². The zero-order chi connectivity index (χ0) is 20.3. The fourth-order valence-electron chi connectivity index (χ4n) is 8.77. The molecule has 0 saturated heterocycles. The van der Waals surface area contributed by atoms with Crippen molar-refractivity contribution in [1.82, 2.24) is 0 Å². The molecule has 0 spiro atoms. The van der Waals surface area contributed by atoms with Gasteiger partial charge in [0.1, 0.15) is 0 Å². The molecule has 4 aliphatic carbocycles. The summed E-state index contributed by atoms with van der Waals surface area (Å²) in [5, 5.41) is 20.6. The normalized spacial score (nSPS) is 51.7. The highest BCUT2D eigenvalue weighted by Gasteiger charge is 2.63. The van der Waals surface area contributed by atoms with Gasteiger partial charge < -0.3 is 15.9 Å². The molecule has 0 aliphatic heterocycles. The number of carboxylic acids is 1. The van der Waals surface area contributed by atoms with Crippen molar-refractivity contribution in [2.75, 3.05) is 0 Å². The molecule has 0 heterocycles. The minimum atomic E-state index is -0.697. The second-order valence-electron chi connectivity index (χ2n) is 11.4. The highest BCUT2D eigenvalue weighted by atomic mass is 16.4. The third kappa shape index (κ3) is 3.05. The van der Waals surface area contributed by atoms with Crippen molar-refractivity contribution in [3.8, 4) is 0 Å². The molecule has 4 saturated carbocycles. The SMILES string of the molecule is C[C@H](CCC(=O)O)[C@H]1CC[C@H]2[C@@H]3CC[C@@H]4C[C@H](N)CC[C@]4(C)[C@H]3C[C@H](O)[C@]12C. The predicted octanol–water partition coefficient (Wildman–Crippen LogP) is 4.44. The minimum absolute atomic E-state index is 0.0344. The highest BCUT2D eigenvalue weighted by Crippen LogP contribution is 2.68. The monoisotopic (exact) mass is 391 g/mol. The smallest absolute Gasteiger partial charge is 0.303 e. The Morgan fingerprint density at radius 3 is 2.57 bits per heavy atom. The van der Waals surface area contributed by atoms with E-state index in [4.69, 9.17) is 10.8 Å². The van der Waals surface area contributed by atoms with Gasteiger partial charge in [-0.25, -0.2) is 0 Å². The number of fused-ring (bicyclic) bond motifs is 5. The van der Waals surface area contributed by atoms with Crippen LogP contribution in [0.2, 0.25) is 0 Å². The van der Waals surface area contributed by atoms with E-state index in [1.807, 2.05) is 0 Å². The lowest BCUT2D eigenvalue weighted by molar-refractivity contribution is -0.169. The van der Waals surface area contributed by atoms with Crippen LogP contribution in [0.25, 0.3) is 0 Å². The molecule has 0 unspecified atom stereocenters. The van der Waals surface area contributed by atoms with Crippen LogP contribution in [0.4, 0.5) is 0 Å². The fourth-order valence-corrected chi connectivity index (χ4v) is 8.77. The molecule has 10 atom stereocenters. The zero-order valence-corrected chi connectivity index (χ0v) is 18.1. The Hall–Kier alpha value is -0.610. The van der Waals surface area contributed by atoms with Gasteiger partial charge in [0.05, 0.1) is 6.10 Å². The van der Waals surface area contributed by atoms with E-state index in [0.717, 1.165) is 37.5 Å². The van der Waals surface area contributed by atoms with E-state index in [1.165, 1.54) is 32.1 Å². The van der Waals surface area contributed by atoms with Crippen LogP contribution in [0.5, 0.6) is 0 Å². The molecule has 4 N–H and O–H groups in total. The van der Waals surface area contributed by atoms with E-state index in [0.29, 0.717) is 35.1 Å². The molecule has 160 valence electrons. The van der Waals surface area contributed by atoms with Gasteiger partial charge in [0.25, 0.3) is 0 Å². The van der Waals surface area contributed by atoms with Crippen molar-refractivity contribution >= 4 is 5.97 Å². The first-order valence-corrected chi connectivity index (χ1v) is 11.8. The summed E-state index contributed by atoms with van der Waals surface area (Å²) in [6, 6.07) is 0.374. The first-order valence-electron chi connectivity index (χ1n) is 11.8. The molecular weight excluding hydrogens is 350 g/mol. The number of aliphatic hydroxyl groups excluding tert-OH is 1. The van der Waals surface area contributed by atoms with E-state index in [1.54, 1.807) is 0 Å². The van der Waals surface area contributed by atoms with Crippen LogP contribution in [0.1, 0.15) is 85.0 Å². The Balaban J connectivity index is 1.56. The quantitative estimate of drug-likeness (QED) is 0.661. The third-order valence-electron chi connectivity index (χ3n) is 10.4. The third-order valence-corrected chi connectivity index (χ3v) is 10.4. The van der Waals surface area contributed by atoms with E-state index < -0.39 is 5.97 Å². The van der Waals surface area contributed by atoms with Crippen LogP contribution in [0.3, 0.4) is 0 Å². The van der Waals surface area contributed by atoms with Crippen molar-refractivity contribution in [3.63, 3.8) is 0 Å². The zero-order valence-electron chi connectivity index (χ0n) is 18.1. The highest BCUT2D eigenvalue weighted by molar-refractivity contribution is 5.66. The first-order chi connectivity index (χ1) is 13.2. The van der Waals surface area contributed by atoms with Gasteiger partial charge in [-0.2, -0.15) is 0 Å². The Morgan fingerprint density at radius 2 is 1.86 bits per heavy atom. The van der Waals surface area contributed by atoms with E-state index in [2.05, 4.69) is 20.8 Å². The van der Waals surface area contributed by atoms with Gasteiger partial charge in [-0.3, -0.25) is 4.79 Å². The summed E-state index contributed by atoms with van der Waals surface area (Å²) < 4.78 is 0. The lowest BCUT2D eigenvalue weighted by Crippen LogP contribution is -2.59. The molecule has 0 aromatic carbocycles. The van der Waals surface area contributed by atoms with Gasteiger partial charge in [0.15, 0.2) is 0 Å². The van der Waals surface area contributed by atoms with Gasteiger partial charge in [0.2, 0.25) is 0 Å². The second-order valence-corrected chi connectivity index (χ2v) is 11.4. The van der Waals surface area contributed by atoms with Crippen LogP contribution in [-0.2, 0) is 4.79 Å². The van der Waals surface area contributed by atoms with E-state index >= 15 is 0 Å². The minimum Gasteiger partial charge on any atom is -0.481 e. The van der Waals surface area contributed by atoms with Gasteiger partial charge in [-0.05, 0) is 104 Å². The number of hydrogen-bond acceptors (Lipinski definition) is 3. The molecule has 0 radical (unpaired) electrons. The van der Waals surface area contributed by atoms with Gasteiger partial charge in [0, 0.05) is 12.5 Å². The summed E-state index contributed by atoms with van der Waals surface area (Å²) in [6.45, 7) is 7.08. The largest absolute Gasteiger partial charge is 0.481 e. The Morgan fingerprint density at radius 1 is 1.11 bits per heavy atom. The van der Waals surface area contributed by atoms with E-state index in [9.17, 15) is 9.90 Å². The number of carbonyl (C=O) groups is 1. The first kappa shape index (κ1) is 20.7. The van der Waals surface area contributed by atoms with Crippen LogP contribution in [0, 0.1) is 46.3 Å². The fraction of sp³-hybridized carbons (Fsp3) is 0.958. The summed E-state index contributed by atoms with van der Waals surface area (Å²) >= 11 is 0. The van der Waals surface area contributed by atoms with E-state index in [-0.39, 0.29) is 17.9 Å². The molecular formula is C24H41NO3. The Bertz CT molecular complexity index is 609.